The van der Waals surface area contributed by atoms with Gasteiger partial charge in [-0.15, -0.1) is 0 Å². The number of nitrogens with zero attached hydrogens (tertiary/aromatic N) is 2. The van der Waals surface area contributed by atoms with Crippen LogP contribution in [0.15, 0.2) is 41.2 Å². The quantitative estimate of drug-likeness (QED) is 0.362. The number of benzene rings is 1. The van der Waals surface area contributed by atoms with E-state index >= 15 is 4.39 Å². The van der Waals surface area contributed by atoms with Crippen LogP contribution in [0.4, 0.5) is 4.39 Å². The zero-order valence-corrected chi connectivity index (χ0v) is 21.1. The number of hydrogen-bond donors (Lipinski definition) is 1. The Bertz CT molecular complexity index is 1220. The summed E-state index contributed by atoms with van der Waals surface area (Å²) in [7, 11) is 1.56. The number of hydrogen-bond acceptors (Lipinski definition) is 5. The van der Waals surface area contributed by atoms with Gasteiger partial charge in [-0.25, -0.2) is 4.39 Å². The van der Waals surface area contributed by atoms with Crippen molar-refractivity contribution in [1.29, 1.82) is 0 Å². The number of halogens is 2. The average Bonchev–Trinajstić information content (AvgIpc) is 3.36. The van der Waals surface area contributed by atoms with Gasteiger partial charge in [0.2, 0.25) is 0 Å². The van der Waals surface area contributed by atoms with Gasteiger partial charge in [-0.3, -0.25) is 14.7 Å². The first-order valence-electron chi connectivity index (χ1n) is 11.7. The van der Waals surface area contributed by atoms with E-state index in [-0.39, 0.29) is 24.7 Å². The number of carboxylic acids is 1. The first-order valence-corrected chi connectivity index (χ1v) is 13.0. The fourth-order valence-corrected chi connectivity index (χ4v) is 5.70. The lowest BCUT2D eigenvalue weighted by atomic mass is 9.79. The van der Waals surface area contributed by atoms with Crippen LogP contribution in [0.5, 0.6) is 5.75 Å². The molecule has 1 aromatic carbocycles. The molecule has 0 spiro atoms. The van der Waals surface area contributed by atoms with E-state index in [9.17, 15) is 9.90 Å². The monoisotopic (exact) mass is 514 g/mol. The van der Waals surface area contributed by atoms with Crippen LogP contribution in [0.25, 0.3) is 10.9 Å². The van der Waals surface area contributed by atoms with Crippen LogP contribution < -0.4 is 4.74 Å². The maximum atomic E-state index is 15.6. The van der Waals surface area contributed by atoms with Crippen LogP contribution in [0.1, 0.15) is 43.0 Å². The fraction of sp³-hybridized carbons (Fsp3) is 0.407. The van der Waals surface area contributed by atoms with E-state index < -0.39 is 12.1 Å². The number of ether oxygens (including phenoxy) is 1. The molecule has 0 radical (unpaired) electrons. The summed E-state index contributed by atoms with van der Waals surface area (Å²) in [4.78, 5) is 18.1. The number of fused-ring (bicyclic) bond motifs is 1. The maximum Gasteiger partial charge on any atom is 0.303 e. The number of methoxy groups -OCH3 is 1. The van der Waals surface area contributed by atoms with E-state index in [0.29, 0.717) is 46.7 Å². The summed E-state index contributed by atoms with van der Waals surface area (Å²) in [5.41, 5.74) is 2.08. The lowest BCUT2D eigenvalue weighted by Crippen LogP contribution is -2.41. The van der Waals surface area contributed by atoms with E-state index in [2.05, 4.69) is 21.7 Å². The number of piperidine rings is 1. The minimum Gasteiger partial charge on any atom is -0.497 e. The number of likely N-dealkylation sites (tertiary alicyclic amines) is 1. The van der Waals surface area contributed by atoms with Crippen molar-refractivity contribution in [2.24, 2.45) is 11.8 Å². The van der Waals surface area contributed by atoms with Crippen molar-refractivity contribution in [2.45, 2.75) is 31.9 Å². The highest BCUT2D eigenvalue weighted by Crippen LogP contribution is 2.39. The molecule has 1 N–H and O–H groups in total. The minimum atomic E-state index is -1.28. The number of aliphatic carboxylic acids is 1. The maximum absolute atomic E-state index is 15.6. The van der Waals surface area contributed by atoms with Gasteiger partial charge < -0.3 is 9.84 Å². The molecule has 0 amide bonds. The Morgan fingerprint density at radius 2 is 2.26 bits per heavy atom. The molecule has 35 heavy (non-hydrogen) atoms. The Balaban J connectivity index is 1.42. The van der Waals surface area contributed by atoms with Crippen molar-refractivity contribution in [3.05, 3.63) is 57.4 Å². The SMILES string of the molecule is COc1ccc2ncc(Cl)c([C@H](F)CCC3CCN(CC#Cc4ccsc4)CC3CC(=O)O)c2c1. The third-order valence-corrected chi connectivity index (χ3v) is 7.63. The zero-order chi connectivity index (χ0) is 24.8. The van der Waals surface area contributed by atoms with Gasteiger partial charge in [0, 0.05) is 41.1 Å². The summed E-state index contributed by atoms with van der Waals surface area (Å²) in [6.07, 6.45) is 1.98. The lowest BCUT2D eigenvalue weighted by molar-refractivity contribution is -0.139. The first kappa shape index (κ1) is 25.4. The minimum absolute atomic E-state index is 0.0406. The topological polar surface area (TPSA) is 62.7 Å². The predicted molar refractivity (Wildman–Crippen MR) is 138 cm³/mol. The van der Waals surface area contributed by atoms with Gasteiger partial charge in [0.15, 0.2) is 0 Å². The van der Waals surface area contributed by atoms with Crippen molar-refractivity contribution in [1.82, 2.24) is 9.88 Å². The molecular weight excluding hydrogens is 487 g/mol. The molecule has 1 aliphatic heterocycles. The summed E-state index contributed by atoms with van der Waals surface area (Å²) in [6, 6.07) is 7.33. The molecule has 0 bridgehead atoms. The van der Waals surface area contributed by atoms with Crippen LogP contribution in [0, 0.1) is 23.7 Å². The van der Waals surface area contributed by atoms with Gasteiger partial charge in [-0.1, -0.05) is 23.4 Å². The highest BCUT2D eigenvalue weighted by atomic mass is 35.5. The molecule has 3 heterocycles. The van der Waals surface area contributed by atoms with E-state index in [1.54, 1.807) is 36.6 Å². The Morgan fingerprint density at radius 3 is 3.00 bits per heavy atom. The summed E-state index contributed by atoms with van der Waals surface area (Å²) in [5, 5.41) is 14.4. The van der Waals surface area contributed by atoms with Crippen molar-refractivity contribution < 1.29 is 19.0 Å². The Kier molecular flexibility index (Phi) is 8.61. The van der Waals surface area contributed by atoms with Gasteiger partial charge in [0.1, 0.15) is 11.9 Å². The molecule has 5 nitrogen and oxygen atoms in total. The van der Waals surface area contributed by atoms with Gasteiger partial charge in [-0.05, 0) is 67.3 Å². The number of alkyl halides is 1. The molecule has 0 aliphatic carbocycles. The molecule has 3 aromatic rings. The molecule has 3 atom stereocenters. The average molecular weight is 515 g/mol. The second kappa shape index (κ2) is 11.9. The van der Waals surface area contributed by atoms with Crippen LogP contribution in [-0.2, 0) is 4.79 Å². The summed E-state index contributed by atoms with van der Waals surface area (Å²) in [6.45, 7) is 2.08. The molecule has 4 rings (SSSR count). The highest BCUT2D eigenvalue weighted by Gasteiger charge is 2.31. The molecule has 184 valence electrons. The fourth-order valence-electron chi connectivity index (χ4n) is 4.84. The number of aromatic nitrogens is 1. The second-order valence-electron chi connectivity index (χ2n) is 8.90. The Hall–Kier alpha value is -2.66. The van der Waals surface area contributed by atoms with Crippen LogP contribution in [0.2, 0.25) is 5.02 Å². The van der Waals surface area contributed by atoms with Crippen molar-refractivity contribution in [2.75, 3.05) is 26.7 Å². The second-order valence-corrected chi connectivity index (χ2v) is 10.1. The smallest absolute Gasteiger partial charge is 0.303 e. The predicted octanol–water partition coefficient (Wildman–Crippen LogP) is 6.21. The number of carboxylic acid groups (broad SMARTS) is 1. The third kappa shape index (κ3) is 6.52. The highest BCUT2D eigenvalue weighted by molar-refractivity contribution is 7.08. The summed E-state index contributed by atoms with van der Waals surface area (Å²) in [5.74, 6) is 6.23. The molecular formula is C27H28ClFN2O3S. The first-order chi connectivity index (χ1) is 16.9. The van der Waals surface area contributed by atoms with Gasteiger partial charge in [0.25, 0.3) is 0 Å². The molecule has 0 saturated carbocycles. The third-order valence-electron chi connectivity index (χ3n) is 6.64. The van der Waals surface area contributed by atoms with E-state index in [4.69, 9.17) is 16.3 Å². The molecule has 1 fully saturated rings. The standard InChI is InChI=1S/C27H28ClFN2O3S/c1-34-21-5-7-25-22(14-21)27(23(28)15-30-25)24(29)6-4-19-8-11-31(16-20(19)13-26(32)33)10-2-3-18-9-12-35-17-18/h5,7,9,12,14-15,17,19-20,24H,4,6,8,10-11,13,16H2,1H3,(H,32,33)/t19?,20?,24-/m1/s1. The number of thiophene rings is 1. The Labute approximate surface area is 213 Å². The number of rotatable bonds is 8. The van der Waals surface area contributed by atoms with E-state index in [1.165, 1.54) is 6.20 Å². The van der Waals surface area contributed by atoms with Gasteiger partial charge in [0.05, 0.1) is 24.2 Å². The zero-order valence-electron chi connectivity index (χ0n) is 19.5. The van der Waals surface area contributed by atoms with Crippen molar-refractivity contribution >= 4 is 39.8 Å². The van der Waals surface area contributed by atoms with E-state index in [0.717, 1.165) is 18.5 Å². The Morgan fingerprint density at radius 1 is 1.40 bits per heavy atom. The van der Waals surface area contributed by atoms with Crippen LogP contribution in [-0.4, -0.2) is 47.7 Å². The lowest BCUT2D eigenvalue weighted by Gasteiger charge is -2.37. The molecule has 1 aliphatic rings. The van der Waals surface area contributed by atoms with Crippen molar-refractivity contribution in [3.8, 4) is 17.6 Å². The number of pyridine rings is 1. The molecule has 2 aromatic heterocycles. The molecule has 1 saturated heterocycles. The van der Waals surface area contributed by atoms with Crippen LogP contribution >= 0.6 is 22.9 Å². The van der Waals surface area contributed by atoms with E-state index in [1.807, 2.05) is 16.8 Å². The van der Waals surface area contributed by atoms with Gasteiger partial charge in [-0.2, -0.15) is 11.3 Å². The van der Waals surface area contributed by atoms with Crippen LogP contribution in [0.3, 0.4) is 0 Å². The summed E-state index contributed by atoms with van der Waals surface area (Å²) < 4.78 is 20.9. The van der Waals surface area contributed by atoms with Crippen molar-refractivity contribution in [3.63, 3.8) is 0 Å². The normalized spacial score (nSPS) is 19.2. The largest absolute Gasteiger partial charge is 0.497 e. The number of carbonyl (C=O) groups is 1. The molecule has 2 unspecified atom stereocenters. The molecule has 8 heteroatoms. The van der Waals surface area contributed by atoms with Gasteiger partial charge >= 0.3 is 5.97 Å². The summed E-state index contributed by atoms with van der Waals surface area (Å²) >= 11 is 7.99.